The molecule has 1 atom stereocenters. The minimum Gasteiger partial charge on any atom is -0.374 e. The summed E-state index contributed by atoms with van der Waals surface area (Å²) in [6.07, 6.45) is -5.49. The van der Waals surface area contributed by atoms with E-state index in [1.807, 2.05) is 0 Å². The summed E-state index contributed by atoms with van der Waals surface area (Å²) >= 11 is 17.8. The van der Waals surface area contributed by atoms with E-state index in [9.17, 15) is 18.0 Å². The Kier molecular flexibility index (Phi) is 6.19. The summed E-state index contributed by atoms with van der Waals surface area (Å²) in [6, 6.07) is 7.70. The van der Waals surface area contributed by atoms with Gasteiger partial charge >= 0.3 is 12.2 Å². The van der Waals surface area contributed by atoms with Gasteiger partial charge in [-0.2, -0.15) is 13.2 Å². The maximum atomic E-state index is 15.2. The molecule has 2 heterocycles. The molecule has 182 valence electrons. The van der Waals surface area contributed by atoms with E-state index in [0.717, 1.165) is 12.1 Å². The van der Waals surface area contributed by atoms with Crippen LogP contribution < -0.4 is 0 Å². The second-order valence-electron chi connectivity index (χ2n) is 8.46. The third kappa shape index (κ3) is 4.07. The molecule has 4 rings (SSSR count). The zero-order valence-corrected chi connectivity index (χ0v) is 20.2. The first-order valence-electron chi connectivity index (χ1n) is 10.0. The Morgan fingerprint density at radius 2 is 1.62 bits per heavy atom. The Morgan fingerprint density at radius 3 is 2.12 bits per heavy atom. The molecule has 2 amide bonds. The number of urea groups is 1. The number of alkyl halides is 4. The lowest BCUT2D eigenvalue weighted by molar-refractivity contribution is -0.275. The monoisotopic (exact) mass is 537 g/mol. The molecule has 2 aliphatic heterocycles. The summed E-state index contributed by atoms with van der Waals surface area (Å²) in [5, 5.41) is 3.32. The molecule has 0 bridgehead atoms. The van der Waals surface area contributed by atoms with E-state index in [1.54, 1.807) is 14.1 Å². The summed E-state index contributed by atoms with van der Waals surface area (Å²) in [4.78, 5) is 19.6. The number of rotatable bonds is 3. The van der Waals surface area contributed by atoms with Crippen LogP contribution in [-0.4, -0.2) is 54.9 Å². The third-order valence-electron chi connectivity index (χ3n) is 5.91. The van der Waals surface area contributed by atoms with Gasteiger partial charge in [0, 0.05) is 26.1 Å². The molecule has 1 saturated heterocycles. The van der Waals surface area contributed by atoms with Crippen LogP contribution in [0.25, 0.3) is 0 Å². The zero-order valence-electron chi connectivity index (χ0n) is 17.9. The fourth-order valence-electron chi connectivity index (χ4n) is 3.97. The number of amides is 2. The lowest BCUT2D eigenvalue weighted by atomic mass is 9.85. The number of carbonyl (C=O) groups excluding carboxylic acids is 1. The molecule has 0 saturated carbocycles. The normalized spacial score (nSPS) is 21.6. The van der Waals surface area contributed by atoms with Crippen molar-refractivity contribution in [3.63, 3.8) is 0 Å². The first kappa shape index (κ1) is 24.9. The van der Waals surface area contributed by atoms with Gasteiger partial charge < -0.3 is 14.6 Å². The molecule has 1 unspecified atom stereocenters. The molecule has 0 aromatic heterocycles. The molecule has 0 radical (unpaired) electrons. The Morgan fingerprint density at radius 1 is 1.06 bits per heavy atom. The molecule has 2 aromatic carbocycles. The Balaban J connectivity index is 1.56. The van der Waals surface area contributed by atoms with E-state index in [0.29, 0.717) is 11.1 Å². The van der Waals surface area contributed by atoms with Crippen LogP contribution in [0, 0.1) is 0 Å². The zero-order chi connectivity index (χ0) is 25.1. The fourth-order valence-corrected chi connectivity index (χ4v) is 4.56. The van der Waals surface area contributed by atoms with Crippen molar-refractivity contribution in [2.75, 3.05) is 27.2 Å². The van der Waals surface area contributed by atoms with Gasteiger partial charge in [-0.15, -0.1) is 0 Å². The van der Waals surface area contributed by atoms with Crippen molar-refractivity contribution in [3.8, 4) is 0 Å². The number of benzene rings is 2. The van der Waals surface area contributed by atoms with E-state index in [2.05, 4.69) is 5.16 Å². The Bertz CT molecular complexity index is 1140. The molecular weight excluding hydrogens is 521 g/mol. The van der Waals surface area contributed by atoms with E-state index < -0.39 is 23.9 Å². The van der Waals surface area contributed by atoms with Gasteiger partial charge in [0.15, 0.2) is 5.67 Å². The van der Waals surface area contributed by atoms with Crippen molar-refractivity contribution in [2.45, 2.75) is 23.9 Å². The SMILES string of the molecule is CN(C)C(=O)N1CC(F)(c2ccc(C3=NOC(c4cc(Cl)c(Cl)c(Cl)c4)(C(F)(F)F)C3)cc2)C1. The Hall–Kier alpha value is -2.23. The summed E-state index contributed by atoms with van der Waals surface area (Å²) in [5.74, 6) is 0. The predicted octanol–water partition coefficient (Wildman–Crippen LogP) is 6.39. The smallest absolute Gasteiger partial charge is 0.374 e. The predicted molar refractivity (Wildman–Crippen MR) is 121 cm³/mol. The highest BCUT2D eigenvalue weighted by atomic mass is 35.5. The average molecular weight is 539 g/mol. The second-order valence-corrected chi connectivity index (χ2v) is 9.65. The number of likely N-dealkylation sites (tertiary alicyclic amines) is 1. The van der Waals surface area contributed by atoms with Gasteiger partial charge in [-0.25, -0.2) is 9.18 Å². The number of hydrogen-bond donors (Lipinski definition) is 0. The lowest BCUT2D eigenvalue weighted by Gasteiger charge is -2.45. The van der Waals surface area contributed by atoms with Crippen molar-refractivity contribution in [3.05, 3.63) is 68.2 Å². The summed E-state index contributed by atoms with van der Waals surface area (Å²) in [7, 11) is 3.15. The largest absolute Gasteiger partial charge is 0.435 e. The first-order chi connectivity index (χ1) is 15.8. The van der Waals surface area contributed by atoms with Crippen LogP contribution in [0.3, 0.4) is 0 Å². The molecular formula is C22H18Cl3F4N3O2. The maximum absolute atomic E-state index is 15.2. The number of halogens is 7. The van der Waals surface area contributed by atoms with Crippen molar-refractivity contribution in [2.24, 2.45) is 5.16 Å². The molecule has 5 nitrogen and oxygen atoms in total. The molecule has 34 heavy (non-hydrogen) atoms. The van der Waals surface area contributed by atoms with Crippen LogP contribution in [0.2, 0.25) is 15.1 Å². The number of nitrogens with zero attached hydrogens (tertiary/aromatic N) is 3. The van der Waals surface area contributed by atoms with Crippen LogP contribution in [0.4, 0.5) is 22.4 Å². The molecule has 12 heteroatoms. The Labute approximate surface area is 207 Å². The summed E-state index contributed by atoms with van der Waals surface area (Å²) in [5.41, 5.74) is -4.19. The van der Waals surface area contributed by atoms with Gasteiger partial charge in [0.1, 0.15) is 0 Å². The maximum Gasteiger partial charge on any atom is 0.435 e. The highest BCUT2D eigenvalue weighted by molar-refractivity contribution is 6.48. The van der Waals surface area contributed by atoms with Gasteiger partial charge in [-0.05, 0) is 23.3 Å². The van der Waals surface area contributed by atoms with E-state index >= 15 is 4.39 Å². The molecule has 0 spiro atoms. The standard InChI is InChI=1S/C22H18Cl3F4N3O2/c1-31(2)19(33)32-10-20(26,11-32)13-5-3-12(4-6-13)17-9-21(34-30-17,22(27,28)29)14-7-15(23)18(25)16(24)8-14/h3-8H,9-11H2,1-2H3. The highest BCUT2D eigenvalue weighted by Gasteiger charge is 2.62. The number of carbonyl (C=O) groups is 1. The fraction of sp³-hybridized carbons (Fsp3) is 0.364. The van der Waals surface area contributed by atoms with Crippen molar-refractivity contribution in [1.29, 1.82) is 0 Å². The van der Waals surface area contributed by atoms with Gasteiger partial charge in [0.2, 0.25) is 0 Å². The van der Waals surface area contributed by atoms with Crippen LogP contribution in [0.15, 0.2) is 41.6 Å². The summed E-state index contributed by atoms with van der Waals surface area (Å²) in [6.45, 7) is -0.217. The third-order valence-corrected chi connectivity index (χ3v) is 7.10. The van der Waals surface area contributed by atoms with Crippen molar-refractivity contribution in [1.82, 2.24) is 9.80 Å². The number of oxime groups is 1. The van der Waals surface area contributed by atoms with Crippen LogP contribution in [0.1, 0.15) is 23.1 Å². The van der Waals surface area contributed by atoms with Gasteiger partial charge in [-0.1, -0.05) is 64.2 Å². The topological polar surface area (TPSA) is 45.1 Å². The summed E-state index contributed by atoms with van der Waals surface area (Å²) < 4.78 is 57.7. The first-order valence-corrected chi connectivity index (χ1v) is 11.1. The molecule has 0 N–H and O–H groups in total. The van der Waals surface area contributed by atoms with Crippen molar-refractivity contribution < 1.29 is 27.2 Å². The molecule has 2 aliphatic rings. The van der Waals surface area contributed by atoms with Crippen molar-refractivity contribution >= 4 is 46.5 Å². The van der Waals surface area contributed by atoms with E-state index in [-0.39, 0.29) is 45.5 Å². The molecule has 1 fully saturated rings. The van der Waals surface area contributed by atoms with Gasteiger partial charge in [0.25, 0.3) is 5.60 Å². The van der Waals surface area contributed by atoms with Gasteiger partial charge in [-0.3, -0.25) is 0 Å². The highest BCUT2D eigenvalue weighted by Crippen LogP contribution is 2.50. The quantitative estimate of drug-likeness (QED) is 0.336. The van der Waals surface area contributed by atoms with Crippen LogP contribution >= 0.6 is 34.8 Å². The van der Waals surface area contributed by atoms with Gasteiger partial charge in [0.05, 0.1) is 33.9 Å². The molecule has 2 aromatic rings. The minimum atomic E-state index is -4.85. The van der Waals surface area contributed by atoms with Crippen LogP contribution in [0.5, 0.6) is 0 Å². The number of hydrogen-bond acceptors (Lipinski definition) is 3. The second kappa shape index (κ2) is 8.46. The molecule has 0 aliphatic carbocycles. The van der Waals surface area contributed by atoms with Crippen LogP contribution in [-0.2, 0) is 16.1 Å². The minimum absolute atomic E-state index is 0.0250. The lowest BCUT2D eigenvalue weighted by Crippen LogP contribution is -2.60. The average Bonchev–Trinajstić information content (AvgIpc) is 3.21. The van der Waals surface area contributed by atoms with E-state index in [4.69, 9.17) is 39.6 Å². The van der Waals surface area contributed by atoms with E-state index in [1.165, 1.54) is 34.1 Å².